The van der Waals surface area contributed by atoms with Gasteiger partial charge < -0.3 is 9.64 Å². The van der Waals surface area contributed by atoms with Gasteiger partial charge in [0.25, 0.3) is 0 Å². The molecule has 1 heterocycles. The predicted molar refractivity (Wildman–Crippen MR) is 105 cm³/mol. The molecule has 0 amide bonds. The molecule has 0 bridgehead atoms. The van der Waals surface area contributed by atoms with Gasteiger partial charge in [0.15, 0.2) is 5.78 Å². The fraction of sp³-hybridized carbons (Fsp3) is 0.286. The molecular weight excluding hydrogens is 386 g/mol. The van der Waals surface area contributed by atoms with E-state index in [2.05, 4.69) is 14.5 Å². The van der Waals surface area contributed by atoms with Gasteiger partial charge in [-0.2, -0.15) is 8.78 Å². The summed E-state index contributed by atoms with van der Waals surface area (Å²) in [5.41, 5.74) is 1.53. The first-order valence-corrected chi connectivity index (χ1v) is 9.35. The Bertz CT molecular complexity index is 819. The molecule has 148 valence electrons. The van der Waals surface area contributed by atoms with Crippen LogP contribution in [-0.2, 0) is 6.54 Å². The van der Waals surface area contributed by atoms with Gasteiger partial charge in [-0.15, -0.1) is 0 Å². The summed E-state index contributed by atoms with van der Waals surface area (Å²) in [6.07, 6.45) is 3.24. The zero-order chi connectivity index (χ0) is 19.9. The zero-order valence-electron chi connectivity index (χ0n) is 15.2. The van der Waals surface area contributed by atoms with E-state index in [4.69, 9.17) is 11.6 Å². The Hall–Kier alpha value is -2.44. The Labute approximate surface area is 168 Å². The number of carbonyl (C=O) groups is 1. The smallest absolute Gasteiger partial charge is 0.387 e. The molecule has 1 saturated heterocycles. The van der Waals surface area contributed by atoms with Gasteiger partial charge in [0, 0.05) is 55.6 Å². The molecule has 0 radical (unpaired) electrons. The normalized spacial score (nSPS) is 15.4. The first-order valence-electron chi connectivity index (χ1n) is 8.98. The quantitative estimate of drug-likeness (QED) is 0.502. The lowest BCUT2D eigenvalue weighted by molar-refractivity contribution is -0.0498. The monoisotopic (exact) mass is 406 g/mol. The minimum atomic E-state index is -2.91. The Morgan fingerprint density at radius 3 is 2.50 bits per heavy atom. The number of benzene rings is 2. The molecule has 0 saturated carbocycles. The third-order valence-corrected chi connectivity index (χ3v) is 4.76. The highest BCUT2D eigenvalue weighted by atomic mass is 35.5. The summed E-state index contributed by atoms with van der Waals surface area (Å²) in [5, 5.41) is 0.731. The fourth-order valence-corrected chi connectivity index (χ4v) is 3.14. The summed E-state index contributed by atoms with van der Waals surface area (Å²) in [6.45, 7) is 1.35. The predicted octanol–water partition coefficient (Wildman–Crippen LogP) is 4.46. The van der Waals surface area contributed by atoms with Gasteiger partial charge >= 0.3 is 6.61 Å². The van der Waals surface area contributed by atoms with Gasteiger partial charge in [0.1, 0.15) is 5.75 Å². The second-order valence-electron chi connectivity index (χ2n) is 6.52. The standard InChI is InChI=1S/C21H21ClF2N2O2/c22-18-6-4-16(5-7-18)15-26-12-10-25(11-13-26)9-8-20(27)17-2-1-3-19(14-17)28-21(23)24/h1-9,14,21H,10-13,15H2/b9-8+. The van der Waals surface area contributed by atoms with E-state index in [1.807, 2.05) is 24.3 Å². The maximum absolute atomic E-state index is 12.3. The highest BCUT2D eigenvalue weighted by molar-refractivity contribution is 6.30. The van der Waals surface area contributed by atoms with Gasteiger partial charge in [0.05, 0.1) is 0 Å². The van der Waals surface area contributed by atoms with Gasteiger partial charge in [-0.1, -0.05) is 35.9 Å². The molecule has 2 aromatic rings. The van der Waals surface area contributed by atoms with E-state index >= 15 is 0 Å². The highest BCUT2D eigenvalue weighted by Gasteiger charge is 2.15. The second kappa shape index (κ2) is 9.66. The average Bonchev–Trinajstić information content (AvgIpc) is 2.69. The van der Waals surface area contributed by atoms with Crippen molar-refractivity contribution in [1.82, 2.24) is 9.80 Å². The van der Waals surface area contributed by atoms with E-state index in [-0.39, 0.29) is 11.5 Å². The third kappa shape index (κ3) is 6.04. The fourth-order valence-electron chi connectivity index (χ4n) is 3.01. The second-order valence-corrected chi connectivity index (χ2v) is 6.96. The lowest BCUT2D eigenvalue weighted by Gasteiger charge is -2.34. The number of halogens is 3. The van der Waals surface area contributed by atoms with E-state index in [0.29, 0.717) is 5.56 Å². The molecule has 1 fully saturated rings. The molecule has 0 spiro atoms. The largest absolute Gasteiger partial charge is 0.435 e. The van der Waals surface area contributed by atoms with Crippen molar-refractivity contribution in [2.24, 2.45) is 0 Å². The number of piperazine rings is 1. The number of rotatable bonds is 7. The number of allylic oxidation sites excluding steroid dienone is 1. The Morgan fingerprint density at radius 2 is 1.82 bits per heavy atom. The summed E-state index contributed by atoms with van der Waals surface area (Å²) in [6, 6.07) is 13.7. The molecular formula is C21H21ClF2N2O2. The number of ketones is 1. The number of alkyl halides is 2. The first kappa shape index (κ1) is 20.3. The number of hydrogen-bond donors (Lipinski definition) is 0. The minimum absolute atomic E-state index is 0.0231. The highest BCUT2D eigenvalue weighted by Crippen LogP contribution is 2.17. The van der Waals surface area contributed by atoms with Crippen LogP contribution in [0.1, 0.15) is 15.9 Å². The zero-order valence-corrected chi connectivity index (χ0v) is 16.0. The Balaban J connectivity index is 1.49. The molecule has 0 atom stereocenters. The number of ether oxygens (including phenoxy) is 1. The van der Waals surface area contributed by atoms with Crippen molar-refractivity contribution in [2.75, 3.05) is 26.2 Å². The summed E-state index contributed by atoms with van der Waals surface area (Å²) in [5.74, 6) is -0.270. The van der Waals surface area contributed by atoms with Crippen LogP contribution in [0, 0.1) is 0 Å². The van der Waals surface area contributed by atoms with Gasteiger partial charge in [0.2, 0.25) is 0 Å². The SMILES string of the molecule is O=C(/C=C/N1CCN(Cc2ccc(Cl)cc2)CC1)c1cccc(OC(F)F)c1. The van der Waals surface area contributed by atoms with Crippen LogP contribution in [0.4, 0.5) is 8.78 Å². The summed E-state index contributed by atoms with van der Waals surface area (Å²) in [7, 11) is 0. The van der Waals surface area contributed by atoms with Crippen LogP contribution in [0.3, 0.4) is 0 Å². The van der Waals surface area contributed by atoms with Crippen LogP contribution in [0.5, 0.6) is 5.75 Å². The van der Waals surface area contributed by atoms with Crippen LogP contribution in [0.25, 0.3) is 0 Å². The van der Waals surface area contributed by atoms with Crippen molar-refractivity contribution in [2.45, 2.75) is 13.2 Å². The summed E-state index contributed by atoms with van der Waals surface area (Å²) >= 11 is 5.91. The van der Waals surface area contributed by atoms with Gasteiger partial charge in [-0.3, -0.25) is 9.69 Å². The van der Waals surface area contributed by atoms with Crippen LogP contribution in [0.15, 0.2) is 60.8 Å². The van der Waals surface area contributed by atoms with Gasteiger partial charge in [-0.05, 0) is 29.8 Å². The Morgan fingerprint density at radius 1 is 1.11 bits per heavy atom. The van der Waals surface area contributed by atoms with Crippen molar-refractivity contribution < 1.29 is 18.3 Å². The topological polar surface area (TPSA) is 32.8 Å². The number of hydrogen-bond acceptors (Lipinski definition) is 4. The van der Waals surface area contributed by atoms with Crippen molar-refractivity contribution >= 4 is 17.4 Å². The molecule has 0 aromatic heterocycles. The number of nitrogens with zero attached hydrogens (tertiary/aromatic N) is 2. The molecule has 3 rings (SSSR count). The molecule has 28 heavy (non-hydrogen) atoms. The Kier molecular flexibility index (Phi) is 7.01. The van der Waals surface area contributed by atoms with Crippen molar-refractivity contribution in [3.8, 4) is 5.75 Å². The van der Waals surface area contributed by atoms with Crippen LogP contribution in [0.2, 0.25) is 5.02 Å². The molecule has 1 aliphatic rings. The molecule has 0 aliphatic carbocycles. The van der Waals surface area contributed by atoms with Crippen molar-refractivity contribution in [1.29, 1.82) is 0 Å². The lowest BCUT2D eigenvalue weighted by atomic mass is 10.1. The van der Waals surface area contributed by atoms with E-state index < -0.39 is 6.61 Å². The van der Waals surface area contributed by atoms with E-state index in [1.54, 1.807) is 12.3 Å². The summed E-state index contributed by atoms with van der Waals surface area (Å²) < 4.78 is 28.9. The molecule has 2 aromatic carbocycles. The van der Waals surface area contributed by atoms with Crippen molar-refractivity contribution in [3.05, 3.63) is 77.0 Å². The van der Waals surface area contributed by atoms with Crippen molar-refractivity contribution in [3.63, 3.8) is 0 Å². The van der Waals surface area contributed by atoms with E-state index in [0.717, 1.165) is 37.7 Å². The molecule has 0 unspecified atom stereocenters. The van der Waals surface area contributed by atoms with Crippen LogP contribution in [-0.4, -0.2) is 48.4 Å². The number of carbonyl (C=O) groups excluding carboxylic acids is 1. The average molecular weight is 407 g/mol. The maximum Gasteiger partial charge on any atom is 0.387 e. The maximum atomic E-state index is 12.3. The molecule has 7 heteroatoms. The molecule has 0 N–H and O–H groups in total. The van der Waals surface area contributed by atoms with Gasteiger partial charge in [-0.25, -0.2) is 0 Å². The molecule has 1 aliphatic heterocycles. The lowest BCUT2D eigenvalue weighted by Crippen LogP contribution is -2.43. The summed E-state index contributed by atoms with van der Waals surface area (Å²) in [4.78, 5) is 16.7. The van der Waals surface area contributed by atoms with E-state index in [1.165, 1.54) is 29.8 Å². The van der Waals surface area contributed by atoms with E-state index in [9.17, 15) is 13.6 Å². The molecule has 4 nitrogen and oxygen atoms in total. The van der Waals surface area contributed by atoms with Crippen LogP contribution < -0.4 is 4.74 Å². The third-order valence-electron chi connectivity index (χ3n) is 4.51. The van der Waals surface area contributed by atoms with Crippen LogP contribution >= 0.6 is 11.6 Å². The first-order chi connectivity index (χ1) is 13.5. The minimum Gasteiger partial charge on any atom is -0.435 e.